The number of amides is 1. The topological polar surface area (TPSA) is 72.6 Å². The molecule has 0 bridgehead atoms. The van der Waals surface area contributed by atoms with Gasteiger partial charge in [0, 0.05) is 52.7 Å². The monoisotopic (exact) mass is 268 g/mol. The third-order valence-electron chi connectivity index (χ3n) is 2.88. The number of anilines is 1. The van der Waals surface area contributed by atoms with E-state index in [4.69, 9.17) is 10.5 Å². The highest BCUT2D eigenvalue weighted by atomic mass is 32.2. The number of benzene rings is 1. The van der Waals surface area contributed by atoms with Crippen molar-refractivity contribution in [3.8, 4) is 5.75 Å². The minimum Gasteiger partial charge on any atom is -0.497 e. The maximum atomic E-state index is 12.2. The first-order chi connectivity index (χ1) is 8.60. The Balaban J connectivity index is 2.18. The highest BCUT2D eigenvalue weighted by molar-refractivity contribution is 7.85. The molecule has 2 rings (SSSR count). The number of nitrogens with zero attached hydrogens (tertiary/aromatic N) is 1. The number of nitrogens with two attached hydrogens (primary N) is 1. The van der Waals surface area contributed by atoms with Gasteiger partial charge in [-0.05, 0) is 12.1 Å². The lowest BCUT2D eigenvalue weighted by Gasteiger charge is -2.26. The van der Waals surface area contributed by atoms with Crippen molar-refractivity contribution in [1.29, 1.82) is 0 Å². The maximum absolute atomic E-state index is 12.2. The van der Waals surface area contributed by atoms with Gasteiger partial charge in [-0.2, -0.15) is 0 Å². The summed E-state index contributed by atoms with van der Waals surface area (Å²) in [6, 6.07) is 4.97. The fraction of sp³-hybridized carbons (Fsp3) is 0.417. The number of nitrogen functional groups attached to an aromatic ring is 1. The van der Waals surface area contributed by atoms with Gasteiger partial charge in [0.05, 0.1) is 7.11 Å². The van der Waals surface area contributed by atoms with Crippen molar-refractivity contribution in [2.75, 3.05) is 37.4 Å². The van der Waals surface area contributed by atoms with E-state index in [1.807, 2.05) is 0 Å². The second-order valence-corrected chi connectivity index (χ2v) is 5.83. The molecule has 1 fully saturated rings. The lowest BCUT2D eigenvalue weighted by molar-refractivity contribution is 0.0771. The van der Waals surface area contributed by atoms with Gasteiger partial charge in [-0.3, -0.25) is 9.00 Å². The molecule has 0 aromatic heterocycles. The Morgan fingerprint density at radius 3 is 2.61 bits per heavy atom. The average molecular weight is 268 g/mol. The molecule has 6 heteroatoms. The van der Waals surface area contributed by atoms with Crippen molar-refractivity contribution < 1.29 is 13.7 Å². The average Bonchev–Trinajstić information content (AvgIpc) is 2.38. The van der Waals surface area contributed by atoms with E-state index in [0.717, 1.165) is 0 Å². The quantitative estimate of drug-likeness (QED) is 0.792. The Hall–Kier alpha value is -1.56. The Morgan fingerprint density at radius 2 is 2.00 bits per heavy atom. The fourth-order valence-corrected chi connectivity index (χ4v) is 2.94. The zero-order valence-corrected chi connectivity index (χ0v) is 11.0. The van der Waals surface area contributed by atoms with Crippen molar-refractivity contribution in [1.82, 2.24) is 4.90 Å². The van der Waals surface area contributed by atoms with Gasteiger partial charge in [-0.25, -0.2) is 0 Å². The highest BCUT2D eigenvalue weighted by Gasteiger charge is 2.21. The second kappa shape index (κ2) is 5.39. The van der Waals surface area contributed by atoms with Gasteiger partial charge in [0.2, 0.25) is 0 Å². The molecule has 0 radical (unpaired) electrons. The van der Waals surface area contributed by atoms with E-state index in [9.17, 15) is 9.00 Å². The summed E-state index contributed by atoms with van der Waals surface area (Å²) in [5, 5.41) is 0. The summed E-state index contributed by atoms with van der Waals surface area (Å²) < 4.78 is 16.3. The maximum Gasteiger partial charge on any atom is 0.254 e. The summed E-state index contributed by atoms with van der Waals surface area (Å²) >= 11 is 0. The zero-order chi connectivity index (χ0) is 13.1. The minimum absolute atomic E-state index is 0.0858. The van der Waals surface area contributed by atoms with E-state index in [1.54, 1.807) is 23.1 Å². The molecule has 0 unspecified atom stereocenters. The van der Waals surface area contributed by atoms with Gasteiger partial charge in [-0.15, -0.1) is 0 Å². The Kier molecular flexibility index (Phi) is 3.86. The molecule has 1 aliphatic heterocycles. The minimum atomic E-state index is -0.787. The van der Waals surface area contributed by atoms with E-state index in [0.29, 0.717) is 41.6 Å². The van der Waals surface area contributed by atoms with Crippen LogP contribution in [0.5, 0.6) is 5.75 Å². The van der Waals surface area contributed by atoms with Crippen LogP contribution in [0, 0.1) is 0 Å². The van der Waals surface area contributed by atoms with E-state index in [2.05, 4.69) is 0 Å². The molecule has 1 aromatic rings. The molecule has 0 spiro atoms. The van der Waals surface area contributed by atoms with Crippen LogP contribution in [0.1, 0.15) is 10.4 Å². The molecule has 1 saturated heterocycles. The van der Waals surface area contributed by atoms with Crippen LogP contribution in [0.4, 0.5) is 5.69 Å². The second-order valence-electron chi connectivity index (χ2n) is 4.14. The van der Waals surface area contributed by atoms with Gasteiger partial charge in [0.15, 0.2) is 0 Å². The fourth-order valence-electron chi connectivity index (χ4n) is 1.89. The molecule has 18 heavy (non-hydrogen) atoms. The normalized spacial score (nSPS) is 16.6. The van der Waals surface area contributed by atoms with Crippen LogP contribution in [0.3, 0.4) is 0 Å². The first kappa shape index (κ1) is 12.9. The number of hydrogen-bond acceptors (Lipinski definition) is 4. The first-order valence-corrected chi connectivity index (χ1v) is 7.18. The van der Waals surface area contributed by atoms with Gasteiger partial charge >= 0.3 is 0 Å². The van der Waals surface area contributed by atoms with Gasteiger partial charge < -0.3 is 15.4 Å². The SMILES string of the molecule is COc1cc(N)cc(C(=O)N2CCS(=O)CC2)c1. The molecular formula is C12H16N2O3S. The van der Waals surface area contributed by atoms with Crippen LogP contribution in [0.25, 0.3) is 0 Å². The third-order valence-corrected chi connectivity index (χ3v) is 4.15. The summed E-state index contributed by atoms with van der Waals surface area (Å²) in [7, 11) is 0.747. The van der Waals surface area contributed by atoms with E-state index < -0.39 is 10.8 Å². The molecular weight excluding hydrogens is 252 g/mol. The van der Waals surface area contributed by atoms with Gasteiger partial charge in [0.25, 0.3) is 5.91 Å². The summed E-state index contributed by atoms with van der Waals surface area (Å²) in [4.78, 5) is 13.9. The Labute approximate surface area is 108 Å². The molecule has 0 atom stereocenters. The van der Waals surface area contributed by atoms with Gasteiger partial charge in [-0.1, -0.05) is 0 Å². The van der Waals surface area contributed by atoms with E-state index >= 15 is 0 Å². The predicted molar refractivity (Wildman–Crippen MR) is 71.2 cm³/mol. The summed E-state index contributed by atoms with van der Waals surface area (Å²) in [5.74, 6) is 1.58. The highest BCUT2D eigenvalue weighted by Crippen LogP contribution is 2.20. The van der Waals surface area contributed by atoms with Crippen LogP contribution in [0.15, 0.2) is 18.2 Å². The third kappa shape index (κ3) is 2.81. The Morgan fingerprint density at radius 1 is 1.33 bits per heavy atom. The van der Waals surface area contributed by atoms with Crippen LogP contribution in [-0.4, -0.2) is 46.7 Å². The molecule has 1 heterocycles. The van der Waals surface area contributed by atoms with Crippen molar-refractivity contribution in [2.45, 2.75) is 0 Å². The summed E-state index contributed by atoms with van der Waals surface area (Å²) in [6.45, 7) is 1.06. The van der Waals surface area contributed by atoms with E-state index in [-0.39, 0.29) is 5.91 Å². The van der Waals surface area contributed by atoms with Crippen molar-refractivity contribution in [3.63, 3.8) is 0 Å². The standard InChI is InChI=1S/C12H16N2O3S/c1-17-11-7-9(6-10(13)8-11)12(15)14-2-4-18(16)5-3-14/h6-8H,2-5,13H2,1H3. The van der Waals surface area contributed by atoms with Crippen LogP contribution >= 0.6 is 0 Å². The lowest BCUT2D eigenvalue weighted by atomic mass is 10.1. The molecule has 5 nitrogen and oxygen atoms in total. The number of methoxy groups -OCH3 is 1. The number of rotatable bonds is 2. The number of ether oxygens (including phenoxy) is 1. The zero-order valence-electron chi connectivity index (χ0n) is 10.2. The Bertz CT molecular complexity index is 480. The summed E-state index contributed by atoms with van der Waals surface area (Å²) in [5.41, 5.74) is 6.74. The number of carbonyl (C=O) groups is 1. The molecule has 0 saturated carbocycles. The number of carbonyl (C=O) groups excluding carboxylic acids is 1. The molecule has 1 amide bonds. The first-order valence-electron chi connectivity index (χ1n) is 5.69. The van der Waals surface area contributed by atoms with Crippen LogP contribution in [-0.2, 0) is 10.8 Å². The summed E-state index contributed by atoms with van der Waals surface area (Å²) in [6.07, 6.45) is 0. The molecule has 1 aromatic carbocycles. The van der Waals surface area contributed by atoms with E-state index in [1.165, 1.54) is 7.11 Å². The van der Waals surface area contributed by atoms with Crippen LogP contribution < -0.4 is 10.5 Å². The van der Waals surface area contributed by atoms with Gasteiger partial charge in [0.1, 0.15) is 5.75 Å². The smallest absolute Gasteiger partial charge is 0.254 e. The van der Waals surface area contributed by atoms with Crippen LogP contribution in [0.2, 0.25) is 0 Å². The predicted octanol–water partition coefficient (Wildman–Crippen LogP) is 0.482. The van der Waals surface area contributed by atoms with Crippen molar-refractivity contribution in [3.05, 3.63) is 23.8 Å². The molecule has 0 aliphatic carbocycles. The largest absolute Gasteiger partial charge is 0.497 e. The number of hydrogen-bond donors (Lipinski definition) is 1. The molecule has 98 valence electrons. The molecule has 1 aliphatic rings. The van der Waals surface area contributed by atoms with Crippen molar-refractivity contribution in [2.24, 2.45) is 0 Å². The lowest BCUT2D eigenvalue weighted by Crippen LogP contribution is -2.41. The van der Waals surface area contributed by atoms with Crippen molar-refractivity contribution >= 4 is 22.4 Å². The molecule has 2 N–H and O–H groups in total.